The van der Waals surface area contributed by atoms with E-state index < -0.39 is 29.7 Å². The SMILES string of the molecule is Cc1nc(NC(=O)NC(=O)c2c(F)cccc2Cl)ccc1-c1cccc(C(F)F)c1. The second kappa shape index (κ2) is 8.96. The number of nitrogens with one attached hydrogen (secondary N) is 2. The number of anilines is 1. The first-order valence-electron chi connectivity index (χ1n) is 8.68. The van der Waals surface area contributed by atoms with Gasteiger partial charge in [-0.25, -0.2) is 22.9 Å². The van der Waals surface area contributed by atoms with Gasteiger partial charge in [0.1, 0.15) is 11.6 Å². The zero-order valence-electron chi connectivity index (χ0n) is 15.5. The summed E-state index contributed by atoms with van der Waals surface area (Å²) in [6.07, 6.45) is -2.59. The number of alkyl halides is 2. The van der Waals surface area contributed by atoms with Crippen molar-refractivity contribution in [2.45, 2.75) is 13.3 Å². The van der Waals surface area contributed by atoms with E-state index in [-0.39, 0.29) is 16.4 Å². The molecule has 5 nitrogen and oxygen atoms in total. The molecule has 2 N–H and O–H groups in total. The average molecular weight is 434 g/mol. The second-order valence-electron chi connectivity index (χ2n) is 6.26. The van der Waals surface area contributed by atoms with Crippen LogP contribution in [0.2, 0.25) is 5.02 Å². The maximum absolute atomic E-state index is 13.8. The highest BCUT2D eigenvalue weighted by atomic mass is 35.5. The molecule has 0 spiro atoms. The van der Waals surface area contributed by atoms with Crippen molar-refractivity contribution in [2.24, 2.45) is 0 Å². The van der Waals surface area contributed by atoms with E-state index in [9.17, 15) is 22.8 Å². The summed E-state index contributed by atoms with van der Waals surface area (Å²) in [6.45, 7) is 1.65. The zero-order valence-corrected chi connectivity index (χ0v) is 16.3. The van der Waals surface area contributed by atoms with Gasteiger partial charge in [-0.1, -0.05) is 35.9 Å². The number of aryl methyl sites for hydroxylation is 1. The van der Waals surface area contributed by atoms with Crippen molar-refractivity contribution in [3.63, 3.8) is 0 Å². The van der Waals surface area contributed by atoms with E-state index in [1.54, 1.807) is 19.1 Å². The van der Waals surface area contributed by atoms with Gasteiger partial charge in [0, 0.05) is 16.8 Å². The molecule has 0 aliphatic rings. The predicted molar refractivity (Wildman–Crippen MR) is 107 cm³/mol. The van der Waals surface area contributed by atoms with Crippen LogP contribution in [0.15, 0.2) is 54.6 Å². The third-order valence-corrected chi connectivity index (χ3v) is 4.51. The first-order valence-corrected chi connectivity index (χ1v) is 9.06. The lowest BCUT2D eigenvalue weighted by Gasteiger charge is -2.11. The van der Waals surface area contributed by atoms with Gasteiger partial charge in [0.05, 0.1) is 10.6 Å². The van der Waals surface area contributed by atoms with E-state index in [2.05, 4.69) is 10.3 Å². The van der Waals surface area contributed by atoms with E-state index in [1.165, 1.54) is 36.4 Å². The minimum atomic E-state index is -2.59. The van der Waals surface area contributed by atoms with E-state index in [1.807, 2.05) is 5.32 Å². The van der Waals surface area contributed by atoms with Gasteiger partial charge in [-0.2, -0.15) is 0 Å². The van der Waals surface area contributed by atoms with Crippen molar-refractivity contribution < 1.29 is 22.8 Å². The Hall–Kier alpha value is -3.39. The van der Waals surface area contributed by atoms with Gasteiger partial charge in [-0.15, -0.1) is 0 Å². The highest BCUT2D eigenvalue weighted by Gasteiger charge is 2.18. The van der Waals surface area contributed by atoms with Gasteiger partial charge in [0.25, 0.3) is 12.3 Å². The fourth-order valence-corrected chi connectivity index (χ4v) is 3.05. The Morgan fingerprint density at radius 2 is 1.80 bits per heavy atom. The smallest absolute Gasteiger partial charge is 0.292 e. The van der Waals surface area contributed by atoms with Crippen LogP contribution >= 0.6 is 11.6 Å². The van der Waals surface area contributed by atoms with Crippen LogP contribution in [0.1, 0.15) is 28.0 Å². The number of rotatable bonds is 4. The molecule has 2 aromatic carbocycles. The second-order valence-corrected chi connectivity index (χ2v) is 6.67. The molecule has 0 radical (unpaired) electrons. The van der Waals surface area contributed by atoms with Crippen LogP contribution < -0.4 is 10.6 Å². The van der Waals surface area contributed by atoms with Crippen LogP contribution in [-0.4, -0.2) is 16.9 Å². The van der Waals surface area contributed by atoms with Gasteiger partial charge >= 0.3 is 6.03 Å². The summed E-state index contributed by atoms with van der Waals surface area (Å²) >= 11 is 5.80. The third-order valence-electron chi connectivity index (χ3n) is 4.19. The maximum atomic E-state index is 13.8. The number of benzene rings is 2. The Bertz CT molecular complexity index is 1100. The van der Waals surface area contributed by atoms with Crippen LogP contribution in [0.5, 0.6) is 0 Å². The highest BCUT2D eigenvalue weighted by Crippen LogP contribution is 2.28. The van der Waals surface area contributed by atoms with E-state index >= 15 is 0 Å². The zero-order chi connectivity index (χ0) is 21.8. The van der Waals surface area contributed by atoms with Gasteiger partial charge in [-0.05, 0) is 42.8 Å². The number of pyridine rings is 1. The van der Waals surface area contributed by atoms with Gasteiger partial charge in [0.2, 0.25) is 0 Å². The van der Waals surface area contributed by atoms with Crippen LogP contribution in [0, 0.1) is 12.7 Å². The summed E-state index contributed by atoms with van der Waals surface area (Å²) in [7, 11) is 0. The Balaban J connectivity index is 1.73. The number of nitrogens with zero attached hydrogens (tertiary/aromatic N) is 1. The average Bonchev–Trinajstić information content (AvgIpc) is 2.68. The molecule has 0 fully saturated rings. The molecule has 1 heterocycles. The number of halogens is 4. The van der Waals surface area contributed by atoms with Crippen molar-refractivity contribution in [2.75, 3.05) is 5.32 Å². The van der Waals surface area contributed by atoms with Gasteiger partial charge in [-0.3, -0.25) is 15.4 Å². The standard InChI is InChI=1S/C21H15ClF3N3O2/c1-11-14(12-4-2-5-13(10-12)19(24)25)8-9-17(26-11)27-21(30)28-20(29)18-15(22)6-3-7-16(18)23/h2-10,19H,1H3,(H2,26,27,28,29,30). The Labute approximate surface area is 174 Å². The quantitative estimate of drug-likeness (QED) is 0.550. The molecule has 0 aliphatic heterocycles. The van der Waals surface area contributed by atoms with Crippen molar-refractivity contribution in [1.82, 2.24) is 10.3 Å². The topological polar surface area (TPSA) is 71.1 Å². The molecule has 0 unspecified atom stereocenters. The van der Waals surface area contributed by atoms with Crippen LogP contribution in [0.25, 0.3) is 11.1 Å². The minimum Gasteiger partial charge on any atom is -0.292 e. The van der Waals surface area contributed by atoms with Crippen molar-refractivity contribution in [3.05, 3.63) is 82.3 Å². The summed E-state index contributed by atoms with van der Waals surface area (Å²) in [5.41, 5.74) is 1.07. The molecule has 1 aromatic heterocycles. The molecule has 9 heteroatoms. The minimum absolute atomic E-state index is 0.112. The first kappa shape index (κ1) is 21.3. The monoisotopic (exact) mass is 433 g/mol. The van der Waals surface area contributed by atoms with Gasteiger partial charge < -0.3 is 0 Å². The van der Waals surface area contributed by atoms with Crippen LogP contribution in [-0.2, 0) is 0 Å². The molecular formula is C21H15ClF3N3O2. The highest BCUT2D eigenvalue weighted by molar-refractivity contribution is 6.34. The number of carbonyl (C=O) groups is 2. The molecular weight excluding hydrogens is 419 g/mol. The number of hydrogen-bond donors (Lipinski definition) is 2. The fraction of sp³-hybridized carbons (Fsp3) is 0.0952. The summed E-state index contributed by atoms with van der Waals surface area (Å²) in [5, 5.41) is 4.20. The molecule has 3 amide bonds. The normalized spacial score (nSPS) is 10.7. The predicted octanol–water partition coefficient (Wildman–Crippen LogP) is 5.75. The van der Waals surface area contributed by atoms with Crippen molar-refractivity contribution >= 4 is 29.4 Å². The maximum Gasteiger partial charge on any atom is 0.327 e. The Morgan fingerprint density at radius 1 is 1.07 bits per heavy atom. The molecule has 0 bridgehead atoms. The van der Waals surface area contributed by atoms with E-state index in [4.69, 9.17) is 11.6 Å². The lowest BCUT2D eigenvalue weighted by Crippen LogP contribution is -2.35. The summed E-state index contributed by atoms with van der Waals surface area (Å²) in [6, 6.07) is 11.7. The number of imide groups is 1. The fourth-order valence-electron chi connectivity index (χ4n) is 2.81. The van der Waals surface area contributed by atoms with E-state index in [0.29, 0.717) is 16.8 Å². The third kappa shape index (κ3) is 4.77. The number of hydrogen-bond acceptors (Lipinski definition) is 3. The number of aromatic nitrogens is 1. The Kier molecular flexibility index (Phi) is 6.37. The molecule has 3 aromatic rings. The van der Waals surface area contributed by atoms with Crippen molar-refractivity contribution in [1.29, 1.82) is 0 Å². The molecule has 0 aliphatic carbocycles. The van der Waals surface area contributed by atoms with Gasteiger partial charge in [0.15, 0.2) is 0 Å². The number of urea groups is 1. The molecule has 0 saturated heterocycles. The summed E-state index contributed by atoms with van der Waals surface area (Å²) in [4.78, 5) is 28.4. The molecule has 0 atom stereocenters. The summed E-state index contributed by atoms with van der Waals surface area (Å²) < 4.78 is 39.6. The number of amides is 3. The lowest BCUT2D eigenvalue weighted by atomic mass is 10.0. The van der Waals surface area contributed by atoms with Crippen LogP contribution in [0.4, 0.5) is 23.8 Å². The molecule has 3 rings (SSSR count). The lowest BCUT2D eigenvalue weighted by molar-refractivity contribution is 0.0963. The molecule has 0 saturated carbocycles. The summed E-state index contributed by atoms with van der Waals surface area (Å²) in [5.74, 6) is -1.75. The van der Waals surface area contributed by atoms with E-state index in [0.717, 1.165) is 6.07 Å². The molecule has 154 valence electrons. The largest absolute Gasteiger partial charge is 0.327 e. The molecule has 30 heavy (non-hydrogen) atoms. The Morgan fingerprint density at radius 3 is 2.47 bits per heavy atom. The number of carbonyl (C=O) groups excluding carboxylic acids is 2. The first-order chi connectivity index (χ1) is 14.3. The van der Waals surface area contributed by atoms with Crippen LogP contribution in [0.3, 0.4) is 0 Å². The van der Waals surface area contributed by atoms with Crippen molar-refractivity contribution in [3.8, 4) is 11.1 Å².